The van der Waals surface area contributed by atoms with Gasteiger partial charge in [-0.05, 0) is 12.8 Å². The van der Waals surface area contributed by atoms with Crippen LogP contribution in [0.2, 0.25) is 0 Å². The summed E-state index contributed by atoms with van der Waals surface area (Å²) in [6.07, 6.45) is 3.12. The maximum atomic E-state index is 12.5. The van der Waals surface area contributed by atoms with Crippen LogP contribution in [0.3, 0.4) is 0 Å². The quantitative estimate of drug-likeness (QED) is 0.774. The highest BCUT2D eigenvalue weighted by Crippen LogP contribution is 2.20. The maximum Gasteiger partial charge on any atom is 0.260 e. The van der Waals surface area contributed by atoms with E-state index in [9.17, 15) is 8.42 Å². The molecule has 0 saturated carbocycles. The molecule has 7 nitrogen and oxygen atoms in total. The number of aliphatic hydroxyl groups is 1. The van der Waals surface area contributed by atoms with Gasteiger partial charge in [0.05, 0.1) is 18.9 Å². The first-order valence-electron chi connectivity index (χ1n) is 6.34. The normalized spacial score (nSPS) is 20.3. The van der Waals surface area contributed by atoms with Crippen molar-refractivity contribution in [1.82, 2.24) is 14.5 Å². The van der Waals surface area contributed by atoms with Crippen molar-refractivity contribution in [2.75, 3.05) is 19.7 Å². The van der Waals surface area contributed by atoms with E-state index in [0.717, 1.165) is 12.8 Å². The summed E-state index contributed by atoms with van der Waals surface area (Å²) in [6, 6.07) is 0. The number of hydrogen-bond acceptors (Lipinski definition) is 5. The monoisotopic (exact) mass is 289 g/mol. The molecule has 1 atom stereocenters. The molecule has 1 aliphatic rings. The molecule has 2 rings (SSSR count). The minimum atomic E-state index is -3.66. The molecule has 1 fully saturated rings. The van der Waals surface area contributed by atoms with Gasteiger partial charge in [0.1, 0.15) is 0 Å². The first kappa shape index (κ1) is 14.4. The molecule has 0 aromatic carbocycles. The maximum absolute atomic E-state index is 12.5. The van der Waals surface area contributed by atoms with Crippen molar-refractivity contribution >= 4 is 10.0 Å². The number of hydrogen-bond donors (Lipinski definition) is 2. The van der Waals surface area contributed by atoms with Crippen LogP contribution in [0.25, 0.3) is 0 Å². The lowest BCUT2D eigenvalue weighted by Gasteiger charge is -2.23. The van der Waals surface area contributed by atoms with Crippen LogP contribution < -0.4 is 0 Å². The highest BCUT2D eigenvalue weighted by Gasteiger charge is 2.30. The van der Waals surface area contributed by atoms with Crippen LogP contribution in [0.4, 0.5) is 0 Å². The Hall–Kier alpha value is -0.960. The van der Waals surface area contributed by atoms with Crippen molar-refractivity contribution in [3.63, 3.8) is 0 Å². The number of nitrogens with one attached hydrogen (secondary N) is 1. The van der Waals surface area contributed by atoms with E-state index in [1.165, 1.54) is 10.5 Å². The molecule has 8 heteroatoms. The first-order valence-corrected chi connectivity index (χ1v) is 7.78. The van der Waals surface area contributed by atoms with Gasteiger partial charge in [-0.2, -0.15) is 9.40 Å². The molecule has 0 bridgehead atoms. The van der Waals surface area contributed by atoms with Crippen LogP contribution in [0, 0.1) is 0 Å². The standard InChI is InChI=1S/C11H19N3O4S/c1-2-14(7-10-4-3-5-18-10)19(16,17)11-9(8-15)6-12-13-11/h6,10,15H,2-5,7-8H2,1H3,(H,12,13). The van der Waals surface area contributed by atoms with Crippen molar-refractivity contribution in [2.45, 2.75) is 37.5 Å². The minimum absolute atomic E-state index is 0.0325. The van der Waals surface area contributed by atoms with E-state index in [-0.39, 0.29) is 23.3 Å². The molecule has 1 saturated heterocycles. The van der Waals surface area contributed by atoms with Crippen LogP contribution in [0.15, 0.2) is 11.2 Å². The van der Waals surface area contributed by atoms with Gasteiger partial charge in [-0.25, -0.2) is 8.42 Å². The molecule has 1 unspecified atom stereocenters. The van der Waals surface area contributed by atoms with Crippen LogP contribution in [-0.2, 0) is 21.4 Å². The molecule has 0 spiro atoms. The number of aliphatic hydroxyl groups excluding tert-OH is 1. The van der Waals surface area contributed by atoms with Gasteiger partial charge in [0.25, 0.3) is 10.0 Å². The lowest BCUT2D eigenvalue weighted by molar-refractivity contribution is 0.0946. The molecule has 19 heavy (non-hydrogen) atoms. The second kappa shape index (κ2) is 6.00. The molecule has 2 N–H and O–H groups in total. The number of aromatic amines is 1. The number of nitrogens with zero attached hydrogens (tertiary/aromatic N) is 2. The van der Waals surface area contributed by atoms with Crippen molar-refractivity contribution in [3.8, 4) is 0 Å². The third kappa shape index (κ3) is 2.97. The van der Waals surface area contributed by atoms with Gasteiger partial charge in [-0.15, -0.1) is 0 Å². The number of ether oxygens (including phenoxy) is 1. The molecule has 0 radical (unpaired) electrons. The average molecular weight is 289 g/mol. The lowest BCUT2D eigenvalue weighted by atomic mass is 10.2. The van der Waals surface area contributed by atoms with Crippen LogP contribution >= 0.6 is 0 Å². The first-order chi connectivity index (χ1) is 9.09. The summed E-state index contributed by atoms with van der Waals surface area (Å²) >= 11 is 0. The summed E-state index contributed by atoms with van der Waals surface area (Å²) in [5, 5.41) is 15.3. The Morgan fingerprint density at radius 2 is 2.42 bits per heavy atom. The van der Waals surface area contributed by atoms with E-state index >= 15 is 0 Å². The van der Waals surface area contributed by atoms with Crippen molar-refractivity contribution < 1.29 is 18.3 Å². The predicted molar refractivity (Wildman–Crippen MR) is 67.9 cm³/mol. The number of sulfonamides is 1. The van der Waals surface area contributed by atoms with Crippen LogP contribution in [0.5, 0.6) is 0 Å². The zero-order valence-corrected chi connectivity index (χ0v) is 11.7. The molecule has 1 aromatic rings. The van der Waals surface area contributed by atoms with Crippen molar-refractivity contribution in [1.29, 1.82) is 0 Å². The third-order valence-corrected chi connectivity index (χ3v) is 5.19. The molecular formula is C11H19N3O4S. The fourth-order valence-electron chi connectivity index (χ4n) is 2.18. The molecule has 1 aromatic heterocycles. The highest BCUT2D eigenvalue weighted by molar-refractivity contribution is 7.89. The van der Waals surface area contributed by atoms with Crippen molar-refractivity contribution in [3.05, 3.63) is 11.8 Å². The Balaban J connectivity index is 2.20. The van der Waals surface area contributed by atoms with Gasteiger partial charge in [0, 0.05) is 25.3 Å². The fourth-order valence-corrected chi connectivity index (χ4v) is 3.75. The topological polar surface area (TPSA) is 95.5 Å². The predicted octanol–water partition coefficient (Wildman–Crippen LogP) is 0.0916. The summed E-state index contributed by atoms with van der Waals surface area (Å²) in [7, 11) is -3.66. The Kier molecular flexibility index (Phi) is 4.56. The zero-order chi connectivity index (χ0) is 13.9. The lowest BCUT2D eigenvalue weighted by Crippen LogP contribution is -2.37. The summed E-state index contributed by atoms with van der Waals surface area (Å²) in [6.45, 7) is 2.80. The molecular weight excluding hydrogens is 270 g/mol. The summed E-state index contributed by atoms with van der Waals surface area (Å²) in [4.78, 5) is 0. The van der Waals surface area contributed by atoms with E-state index < -0.39 is 10.0 Å². The Labute approximate surface area is 112 Å². The average Bonchev–Trinajstić information content (AvgIpc) is 3.06. The SMILES string of the molecule is CCN(CC1CCCO1)S(=O)(=O)c1[nH]ncc1CO. The van der Waals surface area contributed by atoms with Gasteiger partial charge in [0.15, 0.2) is 5.03 Å². The van der Waals surface area contributed by atoms with Gasteiger partial charge in [0.2, 0.25) is 0 Å². The summed E-state index contributed by atoms with van der Waals surface area (Å²) in [5.41, 5.74) is 0.283. The van der Waals surface area contributed by atoms with Gasteiger partial charge in [-0.1, -0.05) is 6.92 Å². The molecule has 2 heterocycles. The van der Waals surface area contributed by atoms with E-state index in [1.807, 2.05) is 0 Å². The van der Waals surface area contributed by atoms with E-state index in [2.05, 4.69) is 10.2 Å². The van der Waals surface area contributed by atoms with E-state index in [1.54, 1.807) is 6.92 Å². The minimum Gasteiger partial charge on any atom is -0.392 e. The molecule has 0 aliphatic carbocycles. The smallest absolute Gasteiger partial charge is 0.260 e. The number of rotatable bonds is 6. The third-order valence-electron chi connectivity index (χ3n) is 3.23. The summed E-state index contributed by atoms with van der Waals surface area (Å²) < 4.78 is 31.8. The zero-order valence-electron chi connectivity index (χ0n) is 10.9. The van der Waals surface area contributed by atoms with Crippen molar-refractivity contribution in [2.24, 2.45) is 0 Å². The van der Waals surface area contributed by atoms with E-state index in [0.29, 0.717) is 19.7 Å². The van der Waals surface area contributed by atoms with Crippen LogP contribution in [-0.4, -0.2) is 53.8 Å². The Morgan fingerprint density at radius 1 is 1.63 bits per heavy atom. The Bertz CT molecular complexity index is 508. The number of likely N-dealkylation sites (N-methyl/N-ethyl adjacent to an activating group) is 1. The second-order valence-electron chi connectivity index (χ2n) is 4.47. The number of H-pyrrole nitrogens is 1. The molecule has 108 valence electrons. The van der Waals surface area contributed by atoms with Crippen LogP contribution in [0.1, 0.15) is 25.3 Å². The molecule has 1 aliphatic heterocycles. The summed E-state index contributed by atoms with van der Waals surface area (Å²) in [5.74, 6) is 0. The molecule has 0 amide bonds. The fraction of sp³-hybridized carbons (Fsp3) is 0.727. The van der Waals surface area contributed by atoms with E-state index in [4.69, 9.17) is 9.84 Å². The Morgan fingerprint density at radius 3 is 3.00 bits per heavy atom. The second-order valence-corrected chi connectivity index (χ2v) is 6.35. The highest BCUT2D eigenvalue weighted by atomic mass is 32.2. The number of aromatic nitrogens is 2. The van der Waals surface area contributed by atoms with Gasteiger partial charge >= 0.3 is 0 Å². The van der Waals surface area contributed by atoms with Gasteiger partial charge in [-0.3, -0.25) is 5.10 Å². The largest absolute Gasteiger partial charge is 0.392 e. The van der Waals surface area contributed by atoms with Gasteiger partial charge < -0.3 is 9.84 Å².